The molecule has 2 heterocycles. The van der Waals surface area contributed by atoms with E-state index in [1.807, 2.05) is 29.2 Å². The van der Waals surface area contributed by atoms with E-state index in [0.717, 1.165) is 49.1 Å². The second-order valence-corrected chi connectivity index (χ2v) is 8.18. The van der Waals surface area contributed by atoms with Gasteiger partial charge in [0.25, 0.3) is 5.91 Å². The summed E-state index contributed by atoms with van der Waals surface area (Å²) >= 11 is 0. The van der Waals surface area contributed by atoms with Gasteiger partial charge in [0.1, 0.15) is 12.4 Å². The van der Waals surface area contributed by atoms with Crippen LogP contribution in [0, 0.1) is 0 Å². The zero-order valence-electron chi connectivity index (χ0n) is 17.0. The number of methoxy groups -OCH3 is 1. The first kappa shape index (κ1) is 19.1. The van der Waals surface area contributed by atoms with Crippen LogP contribution in [0.2, 0.25) is 0 Å². The van der Waals surface area contributed by atoms with Crippen LogP contribution >= 0.6 is 0 Å². The molecule has 2 atom stereocenters. The van der Waals surface area contributed by atoms with Crippen LogP contribution in [0.1, 0.15) is 47.8 Å². The van der Waals surface area contributed by atoms with E-state index in [1.54, 1.807) is 7.11 Å². The van der Waals surface area contributed by atoms with E-state index >= 15 is 0 Å². The largest absolute Gasteiger partial charge is 0.497 e. The topological polar surface area (TPSA) is 96.5 Å². The molecule has 0 bridgehead atoms. The van der Waals surface area contributed by atoms with Crippen molar-refractivity contribution in [3.63, 3.8) is 0 Å². The van der Waals surface area contributed by atoms with Crippen LogP contribution < -0.4 is 10.1 Å². The number of hydrogen-bond donors (Lipinski definition) is 2. The number of fused-ring (bicyclic) bond motifs is 1. The summed E-state index contributed by atoms with van der Waals surface area (Å²) in [7, 11) is 1.61. The number of H-pyrrole nitrogens is 1. The van der Waals surface area contributed by atoms with Crippen LogP contribution in [0.15, 0.2) is 24.3 Å². The Hall–Kier alpha value is -2.87. The molecule has 1 aliphatic heterocycles. The van der Waals surface area contributed by atoms with E-state index in [1.165, 1.54) is 11.3 Å². The average molecular weight is 410 g/mol. The molecule has 3 aliphatic rings. The highest BCUT2D eigenvalue weighted by Crippen LogP contribution is 2.40. The van der Waals surface area contributed by atoms with Gasteiger partial charge < -0.3 is 19.7 Å². The SMILES string of the molecule is COc1ccc([C@@H]2[C@@H](C(=O)NCc3n[nH]c4c3CCC4)OCC(=O)N2C2CC2)cc1. The highest BCUT2D eigenvalue weighted by Gasteiger charge is 2.47. The van der Waals surface area contributed by atoms with Gasteiger partial charge >= 0.3 is 0 Å². The minimum Gasteiger partial charge on any atom is -0.497 e. The Morgan fingerprint density at radius 3 is 2.83 bits per heavy atom. The van der Waals surface area contributed by atoms with Gasteiger partial charge in [0, 0.05) is 11.7 Å². The Morgan fingerprint density at radius 1 is 1.30 bits per heavy atom. The third-order valence-electron chi connectivity index (χ3n) is 6.24. The van der Waals surface area contributed by atoms with Gasteiger partial charge in [0.2, 0.25) is 5.91 Å². The van der Waals surface area contributed by atoms with Crippen molar-refractivity contribution in [2.75, 3.05) is 13.7 Å². The molecular formula is C22H26N4O4. The fraction of sp³-hybridized carbons (Fsp3) is 0.500. The molecule has 5 rings (SSSR count). The summed E-state index contributed by atoms with van der Waals surface area (Å²) in [5, 5.41) is 10.4. The lowest BCUT2D eigenvalue weighted by molar-refractivity contribution is -0.165. The summed E-state index contributed by atoms with van der Waals surface area (Å²) in [6.07, 6.45) is 4.30. The van der Waals surface area contributed by atoms with Gasteiger partial charge in [-0.05, 0) is 55.4 Å². The number of morpholine rings is 1. The minimum absolute atomic E-state index is 0.0625. The summed E-state index contributed by atoms with van der Waals surface area (Å²) in [5.41, 5.74) is 4.16. The van der Waals surface area contributed by atoms with Gasteiger partial charge in [0.15, 0.2) is 6.10 Å². The number of carbonyl (C=O) groups excluding carboxylic acids is 2. The third-order valence-corrected chi connectivity index (χ3v) is 6.24. The molecule has 2 aromatic rings. The summed E-state index contributed by atoms with van der Waals surface area (Å²) in [6, 6.07) is 7.24. The zero-order valence-corrected chi connectivity index (χ0v) is 17.0. The molecule has 158 valence electrons. The van der Waals surface area contributed by atoms with Crippen LogP contribution in [0.3, 0.4) is 0 Å². The summed E-state index contributed by atoms with van der Waals surface area (Å²) in [4.78, 5) is 27.7. The van der Waals surface area contributed by atoms with Crippen molar-refractivity contribution in [2.45, 2.75) is 56.8 Å². The maximum absolute atomic E-state index is 13.2. The molecule has 0 spiro atoms. The van der Waals surface area contributed by atoms with Crippen LogP contribution in [0.5, 0.6) is 5.75 Å². The van der Waals surface area contributed by atoms with Crippen molar-refractivity contribution in [3.8, 4) is 5.75 Å². The van der Waals surface area contributed by atoms with E-state index < -0.39 is 12.1 Å². The normalized spacial score (nSPS) is 23.4. The van der Waals surface area contributed by atoms with E-state index in [2.05, 4.69) is 15.5 Å². The Kier molecular flexibility index (Phi) is 4.94. The van der Waals surface area contributed by atoms with E-state index in [4.69, 9.17) is 9.47 Å². The van der Waals surface area contributed by atoms with E-state index in [0.29, 0.717) is 6.54 Å². The fourth-order valence-corrected chi connectivity index (χ4v) is 4.57. The monoisotopic (exact) mass is 410 g/mol. The first-order valence-corrected chi connectivity index (χ1v) is 10.5. The van der Waals surface area contributed by atoms with Gasteiger partial charge in [0.05, 0.1) is 25.4 Å². The van der Waals surface area contributed by atoms with Gasteiger partial charge in [-0.25, -0.2) is 0 Å². The van der Waals surface area contributed by atoms with Gasteiger partial charge in [-0.1, -0.05) is 12.1 Å². The zero-order chi connectivity index (χ0) is 20.7. The number of aromatic amines is 1. The highest BCUT2D eigenvalue weighted by molar-refractivity contribution is 5.86. The standard InChI is InChI=1S/C22H26N4O4/c1-29-15-9-5-13(6-10-15)20-21(30-12-19(27)26(20)14-7-8-14)22(28)23-11-18-16-3-2-4-17(16)24-25-18/h5-6,9-10,14,20-21H,2-4,7-8,11-12H2,1H3,(H,23,28)(H,24,25)/t20-,21+/m1/s1. The lowest BCUT2D eigenvalue weighted by Crippen LogP contribution is -2.55. The van der Waals surface area contributed by atoms with E-state index in [-0.39, 0.29) is 24.5 Å². The fourth-order valence-electron chi connectivity index (χ4n) is 4.57. The van der Waals surface area contributed by atoms with Crippen molar-refractivity contribution in [3.05, 3.63) is 46.8 Å². The van der Waals surface area contributed by atoms with Gasteiger partial charge in [-0.2, -0.15) is 5.10 Å². The summed E-state index contributed by atoms with van der Waals surface area (Å²) in [6.45, 7) is 0.288. The second-order valence-electron chi connectivity index (χ2n) is 8.18. The van der Waals surface area contributed by atoms with E-state index in [9.17, 15) is 9.59 Å². The summed E-state index contributed by atoms with van der Waals surface area (Å²) in [5.74, 6) is 0.448. The Morgan fingerprint density at radius 2 is 2.10 bits per heavy atom. The molecule has 2 N–H and O–H groups in total. The molecule has 0 radical (unpaired) electrons. The Labute approximate surface area is 174 Å². The molecule has 1 saturated heterocycles. The number of benzene rings is 1. The number of hydrogen-bond acceptors (Lipinski definition) is 5. The molecule has 8 heteroatoms. The van der Waals surface area contributed by atoms with Crippen molar-refractivity contribution in [1.82, 2.24) is 20.4 Å². The number of aryl methyl sites for hydroxylation is 1. The number of amides is 2. The van der Waals surface area contributed by atoms with Crippen molar-refractivity contribution >= 4 is 11.8 Å². The van der Waals surface area contributed by atoms with Crippen LogP contribution in [0.4, 0.5) is 0 Å². The van der Waals surface area contributed by atoms with Crippen LogP contribution in [0.25, 0.3) is 0 Å². The molecule has 8 nitrogen and oxygen atoms in total. The number of ether oxygens (including phenoxy) is 2. The number of nitrogens with zero attached hydrogens (tertiary/aromatic N) is 2. The maximum atomic E-state index is 13.2. The average Bonchev–Trinajstić information content (AvgIpc) is 3.36. The number of aromatic nitrogens is 2. The summed E-state index contributed by atoms with van der Waals surface area (Å²) < 4.78 is 11.0. The lowest BCUT2D eigenvalue weighted by atomic mass is 9.96. The quantitative estimate of drug-likeness (QED) is 0.755. The predicted molar refractivity (Wildman–Crippen MR) is 108 cm³/mol. The van der Waals surface area contributed by atoms with Crippen molar-refractivity contribution < 1.29 is 19.1 Å². The molecule has 2 aliphatic carbocycles. The van der Waals surface area contributed by atoms with Crippen molar-refractivity contribution in [1.29, 1.82) is 0 Å². The van der Waals surface area contributed by atoms with Gasteiger partial charge in [-0.15, -0.1) is 0 Å². The number of carbonyl (C=O) groups is 2. The maximum Gasteiger partial charge on any atom is 0.252 e. The molecule has 0 unspecified atom stereocenters. The van der Waals surface area contributed by atoms with Gasteiger partial charge in [-0.3, -0.25) is 14.7 Å². The van der Waals surface area contributed by atoms with Crippen molar-refractivity contribution in [2.24, 2.45) is 0 Å². The lowest BCUT2D eigenvalue weighted by Gasteiger charge is -2.40. The molecule has 1 aromatic carbocycles. The Bertz CT molecular complexity index is 951. The smallest absolute Gasteiger partial charge is 0.252 e. The highest BCUT2D eigenvalue weighted by atomic mass is 16.5. The Balaban J connectivity index is 1.37. The molecular weight excluding hydrogens is 384 g/mol. The molecule has 1 saturated carbocycles. The van der Waals surface area contributed by atoms with Crippen LogP contribution in [-0.2, 0) is 33.7 Å². The third kappa shape index (κ3) is 3.45. The molecule has 30 heavy (non-hydrogen) atoms. The predicted octanol–water partition coefficient (Wildman–Crippen LogP) is 1.65. The molecule has 1 aromatic heterocycles. The second kappa shape index (κ2) is 7.75. The number of nitrogens with one attached hydrogen (secondary N) is 2. The minimum atomic E-state index is -0.760. The first-order chi connectivity index (χ1) is 14.7. The number of rotatable bonds is 6. The molecule has 2 amide bonds. The molecule has 2 fully saturated rings. The first-order valence-electron chi connectivity index (χ1n) is 10.5. The van der Waals surface area contributed by atoms with Crippen LogP contribution in [-0.4, -0.2) is 52.8 Å².